The molecule has 1 atom stereocenters. The fourth-order valence-electron chi connectivity index (χ4n) is 4.07. The van der Waals surface area contributed by atoms with Crippen molar-refractivity contribution in [2.24, 2.45) is 0 Å². The minimum atomic E-state index is -0.0695. The number of carbonyl (C=O) groups excluding carboxylic acids is 1. The highest BCUT2D eigenvalue weighted by Gasteiger charge is 2.26. The van der Waals surface area contributed by atoms with E-state index in [0.717, 1.165) is 36.2 Å². The van der Waals surface area contributed by atoms with E-state index in [1.807, 2.05) is 36.4 Å². The van der Waals surface area contributed by atoms with Crippen LogP contribution in [0.2, 0.25) is 5.02 Å². The Labute approximate surface area is 182 Å². The third-order valence-electron chi connectivity index (χ3n) is 5.72. The molecule has 1 fully saturated rings. The fraction of sp³-hybridized carbons (Fsp3) is 0.375. The zero-order valence-electron chi connectivity index (χ0n) is 17.2. The molecule has 2 aliphatic rings. The summed E-state index contributed by atoms with van der Waals surface area (Å²) in [5.41, 5.74) is 2.81. The molecular formula is C24H27ClN2O3. The Morgan fingerprint density at radius 3 is 2.93 bits per heavy atom. The lowest BCUT2D eigenvalue weighted by molar-refractivity contribution is -0.114. The second-order valence-corrected chi connectivity index (χ2v) is 8.06. The Bertz CT molecular complexity index is 938. The van der Waals surface area contributed by atoms with E-state index in [2.05, 4.69) is 5.32 Å². The molecule has 0 aromatic heterocycles. The van der Waals surface area contributed by atoms with Crippen molar-refractivity contribution in [3.63, 3.8) is 0 Å². The minimum absolute atomic E-state index is 0.0695. The van der Waals surface area contributed by atoms with Crippen LogP contribution in [0.4, 0.5) is 5.69 Å². The molecule has 2 aliphatic heterocycles. The lowest BCUT2D eigenvalue weighted by Crippen LogP contribution is -2.27. The molecule has 1 unspecified atom stereocenters. The number of ether oxygens (including phenoxy) is 2. The third-order valence-corrected chi connectivity index (χ3v) is 6.07. The number of methoxy groups -OCH3 is 1. The maximum Gasteiger partial charge on any atom is 0.251 e. The van der Waals surface area contributed by atoms with Gasteiger partial charge < -0.3 is 19.7 Å². The second-order valence-electron chi connectivity index (χ2n) is 7.66. The summed E-state index contributed by atoms with van der Waals surface area (Å²) in [7, 11) is 1.65. The van der Waals surface area contributed by atoms with E-state index >= 15 is 0 Å². The number of carbonyl (C=O) groups is 1. The fourth-order valence-corrected chi connectivity index (χ4v) is 4.27. The van der Waals surface area contributed by atoms with Gasteiger partial charge in [0.25, 0.3) is 5.91 Å². The molecule has 1 N–H and O–H groups in total. The Morgan fingerprint density at radius 1 is 1.30 bits per heavy atom. The van der Waals surface area contributed by atoms with Crippen LogP contribution in [0.25, 0.3) is 6.08 Å². The van der Waals surface area contributed by atoms with Crippen molar-refractivity contribution >= 4 is 29.3 Å². The van der Waals surface area contributed by atoms with E-state index in [0.29, 0.717) is 35.7 Å². The van der Waals surface area contributed by atoms with Crippen molar-refractivity contribution in [2.45, 2.75) is 31.7 Å². The largest absolute Gasteiger partial charge is 0.493 e. The number of amides is 1. The van der Waals surface area contributed by atoms with Crippen molar-refractivity contribution in [3.8, 4) is 11.5 Å². The highest BCUT2D eigenvalue weighted by Crippen LogP contribution is 2.39. The van der Waals surface area contributed by atoms with Gasteiger partial charge in [-0.3, -0.25) is 4.79 Å². The van der Waals surface area contributed by atoms with Gasteiger partial charge in [0.1, 0.15) is 0 Å². The number of anilines is 1. The first-order valence-corrected chi connectivity index (χ1v) is 10.8. The molecule has 0 radical (unpaired) electrons. The molecule has 1 saturated heterocycles. The molecule has 1 amide bonds. The van der Waals surface area contributed by atoms with Crippen molar-refractivity contribution in [1.82, 2.24) is 5.32 Å². The maximum atomic E-state index is 12.9. The van der Waals surface area contributed by atoms with Crippen LogP contribution >= 0.6 is 11.6 Å². The highest BCUT2D eigenvalue weighted by molar-refractivity contribution is 6.32. The molecule has 0 aliphatic carbocycles. The first kappa shape index (κ1) is 20.8. The van der Waals surface area contributed by atoms with Crippen LogP contribution in [0, 0.1) is 0 Å². The van der Waals surface area contributed by atoms with Gasteiger partial charge in [-0.1, -0.05) is 29.8 Å². The number of hydrogen-bond donors (Lipinski definition) is 1. The number of rotatable bonds is 7. The van der Waals surface area contributed by atoms with Crippen LogP contribution in [-0.2, 0) is 11.2 Å². The van der Waals surface area contributed by atoms with Crippen LogP contribution in [0.3, 0.4) is 0 Å². The molecule has 4 rings (SSSR count). The lowest BCUT2D eigenvalue weighted by atomic mass is 10.1. The molecule has 2 heterocycles. The van der Waals surface area contributed by atoms with Crippen molar-refractivity contribution < 1.29 is 14.3 Å². The zero-order chi connectivity index (χ0) is 20.9. The van der Waals surface area contributed by atoms with E-state index in [9.17, 15) is 4.79 Å². The first-order chi connectivity index (χ1) is 14.7. The first-order valence-electron chi connectivity index (χ1n) is 10.5. The maximum absolute atomic E-state index is 12.9. The van der Waals surface area contributed by atoms with Crippen LogP contribution in [-0.4, -0.2) is 38.8 Å². The molecule has 30 heavy (non-hydrogen) atoms. The topological polar surface area (TPSA) is 50.8 Å². The molecule has 158 valence electrons. The normalized spacial score (nSPS) is 18.1. The number of nitrogens with one attached hydrogen (secondary N) is 1. The van der Waals surface area contributed by atoms with Gasteiger partial charge in [0.05, 0.1) is 19.4 Å². The van der Waals surface area contributed by atoms with Crippen LogP contribution < -0.4 is 19.7 Å². The molecule has 2 aromatic carbocycles. The lowest BCUT2D eigenvalue weighted by Gasteiger charge is -2.18. The highest BCUT2D eigenvalue weighted by atomic mass is 35.5. The van der Waals surface area contributed by atoms with Gasteiger partial charge in [-0.25, -0.2) is 0 Å². The van der Waals surface area contributed by atoms with E-state index in [-0.39, 0.29) is 5.91 Å². The summed E-state index contributed by atoms with van der Waals surface area (Å²) in [6, 6.07) is 11.9. The number of fused-ring (bicyclic) bond motifs is 1. The smallest absolute Gasteiger partial charge is 0.251 e. The average molecular weight is 427 g/mol. The predicted octanol–water partition coefficient (Wildman–Crippen LogP) is 4.47. The van der Waals surface area contributed by atoms with Gasteiger partial charge in [-0.05, 0) is 61.6 Å². The third kappa shape index (κ3) is 4.63. The average Bonchev–Trinajstić information content (AvgIpc) is 3.42. The van der Waals surface area contributed by atoms with Gasteiger partial charge >= 0.3 is 0 Å². The summed E-state index contributed by atoms with van der Waals surface area (Å²) < 4.78 is 11.6. The molecule has 5 nitrogen and oxygen atoms in total. The van der Waals surface area contributed by atoms with Gasteiger partial charge in [-0.15, -0.1) is 0 Å². The number of hydrogen-bond acceptors (Lipinski definition) is 4. The van der Waals surface area contributed by atoms with Crippen molar-refractivity contribution in [1.29, 1.82) is 0 Å². The summed E-state index contributed by atoms with van der Waals surface area (Å²) in [6.07, 6.45) is 7.52. The summed E-state index contributed by atoms with van der Waals surface area (Å²) in [6.45, 7) is 2.35. The Kier molecular flexibility index (Phi) is 6.60. The van der Waals surface area contributed by atoms with Crippen LogP contribution in [0.1, 0.15) is 30.4 Å². The van der Waals surface area contributed by atoms with Crippen LogP contribution in [0.5, 0.6) is 11.5 Å². The van der Waals surface area contributed by atoms with Gasteiger partial charge in [-0.2, -0.15) is 0 Å². The summed E-state index contributed by atoms with van der Waals surface area (Å²) in [4.78, 5) is 14.6. The molecule has 6 heteroatoms. The Morgan fingerprint density at radius 2 is 2.17 bits per heavy atom. The SMILES string of the molecule is COc1cc2c(cc1OCCC1CCCN1)N(C(=O)/C=C/c1ccccc1Cl)CC2. The predicted molar refractivity (Wildman–Crippen MR) is 121 cm³/mol. The molecular weight excluding hydrogens is 400 g/mol. The minimum Gasteiger partial charge on any atom is -0.493 e. The summed E-state index contributed by atoms with van der Waals surface area (Å²) in [5.74, 6) is 1.33. The molecule has 0 saturated carbocycles. The van der Waals surface area contributed by atoms with Gasteiger partial charge in [0.15, 0.2) is 11.5 Å². The van der Waals surface area contributed by atoms with Crippen LogP contribution in [0.15, 0.2) is 42.5 Å². The Hall–Kier alpha value is -2.50. The Balaban J connectivity index is 1.48. The van der Waals surface area contributed by atoms with E-state index < -0.39 is 0 Å². The van der Waals surface area contributed by atoms with E-state index in [4.69, 9.17) is 21.1 Å². The van der Waals surface area contributed by atoms with E-state index in [1.54, 1.807) is 24.2 Å². The van der Waals surface area contributed by atoms with Crippen molar-refractivity contribution in [2.75, 3.05) is 31.7 Å². The standard InChI is InChI=1S/C24H27ClN2O3/c1-29-22-15-18-10-13-27(24(28)9-8-17-5-2-3-7-20(17)25)21(18)16-23(22)30-14-11-19-6-4-12-26-19/h2-3,5,7-9,15-16,19,26H,4,6,10-14H2,1H3/b9-8+. The summed E-state index contributed by atoms with van der Waals surface area (Å²) >= 11 is 6.19. The van der Waals surface area contributed by atoms with Gasteiger partial charge in [0, 0.05) is 29.8 Å². The number of halogens is 1. The van der Waals surface area contributed by atoms with Crippen molar-refractivity contribution in [3.05, 3.63) is 58.6 Å². The molecule has 0 bridgehead atoms. The number of nitrogens with zero attached hydrogens (tertiary/aromatic N) is 1. The van der Waals surface area contributed by atoms with Gasteiger partial charge in [0.2, 0.25) is 0 Å². The number of benzene rings is 2. The summed E-state index contributed by atoms with van der Waals surface area (Å²) in [5, 5.41) is 4.11. The molecule has 2 aromatic rings. The monoisotopic (exact) mass is 426 g/mol. The second kappa shape index (κ2) is 9.54. The zero-order valence-corrected chi connectivity index (χ0v) is 18.0. The molecule has 0 spiro atoms. The van der Waals surface area contributed by atoms with E-state index in [1.165, 1.54) is 12.8 Å². The quantitative estimate of drug-likeness (QED) is 0.663.